The van der Waals surface area contributed by atoms with Gasteiger partial charge in [0.05, 0.1) is 6.61 Å². The Hall–Kier alpha value is -1.10. The molecule has 0 radical (unpaired) electrons. The van der Waals surface area contributed by atoms with Crippen LogP contribution in [0.2, 0.25) is 0 Å². The summed E-state index contributed by atoms with van der Waals surface area (Å²) in [6.07, 6.45) is 4.69. The highest BCUT2D eigenvalue weighted by molar-refractivity contribution is 5.85. The normalized spacial score (nSPS) is 9.90. The van der Waals surface area contributed by atoms with Gasteiger partial charge in [0.15, 0.2) is 0 Å². The lowest BCUT2D eigenvalue weighted by atomic mass is 10.1. The van der Waals surface area contributed by atoms with E-state index in [1.54, 1.807) is 0 Å². The molecule has 0 unspecified atom stereocenters. The highest BCUT2D eigenvalue weighted by Gasteiger charge is 2.01. The van der Waals surface area contributed by atoms with Crippen LogP contribution in [0.5, 0.6) is 0 Å². The molecule has 0 spiro atoms. The molecule has 114 valence electrons. The number of carbonyl (C=O) groups is 1. The molecule has 0 atom stereocenters. The van der Waals surface area contributed by atoms with E-state index in [9.17, 15) is 4.79 Å². The van der Waals surface area contributed by atoms with Gasteiger partial charge in [0.2, 0.25) is 5.91 Å². The molecule has 0 aliphatic heterocycles. The van der Waals surface area contributed by atoms with Crippen LogP contribution in [-0.2, 0) is 17.9 Å². The van der Waals surface area contributed by atoms with Gasteiger partial charge < -0.3 is 16.2 Å². The van der Waals surface area contributed by atoms with Gasteiger partial charge in [-0.25, -0.2) is 0 Å². The number of amides is 1. The molecule has 0 bridgehead atoms. The Kier molecular flexibility index (Phi) is 11.1. The Labute approximate surface area is 127 Å². The number of benzene rings is 1. The summed E-state index contributed by atoms with van der Waals surface area (Å²) in [5.74, 6) is 0.0853. The van der Waals surface area contributed by atoms with Gasteiger partial charge in [-0.2, -0.15) is 0 Å². The molecule has 0 saturated heterocycles. The van der Waals surface area contributed by atoms with Crippen molar-refractivity contribution in [2.75, 3.05) is 6.54 Å². The largest absolute Gasteiger partial charge is 0.392 e. The number of nitrogens with two attached hydrogens (primary N) is 1. The predicted molar refractivity (Wildman–Crippen MR) is 83.6 cm³/mol. The zero-order valence-electron chi connectivity index (χ0n) is 11.8. The first kappa shape index (κ1) is 18.9. The van der Waals surface area contributed by atoms with E-state index in [4.69, 9.17) is 10.8 Å². The molecule has 0 aliphatic carbocycles. The van der Waals surface area contributed by atoms with Crippen molar-refractivity contribution in [1.82, 2.24) is 5.32 Å². The number of aliphatic hydroxyl groups is 1. The minimum absolute atomic E-state index is 0. The summed E-state index contributed by atoms with van der Waals surface area (Å²) in [6, 6.07) is 7.60. The first-order valence-electron chi connectivity index (χ1n) is 6.91. The number of halogens is 1. The van der Waals surface area contributed by atoms with Gasteiger partial charge in [-0.3, -0.25) is 4.79 Å². The van der Waals surface area contributed by atoms with Gasteiger partial charge in [0, 0.05) is 13.0 Å². The van der Waals surface area contributed by atoms with Crippen molar-refractivity contribution in [3.05, 3.63) is 35.4 Å². The zero-order chi connectivity index (χ0) is 13.9. The van der Waals surface area contributed by atoms with Crippen molar-refractivity contribution in [1.29, 1.82) is 0 Å². The van der Waals surface area contributed by atoms with Crippen LogP contribution in [0.25, 0.3) is 0 Å². The van der Waals surface area contributed by atoms with E-state index in [-0.39, 0.29) is 24.9 Å². The fraction of sp³-hybridized carbons (Fsp3) is 0.533. The number of rotatable bonds is 9. The van der Waals surface area contributed by atoms with Gasteiger partial charge in [-0.15, -0.1) is 12.4 Å². The van der Waals surface area contributed by atoms with Crippen LogP contribution in [0.15, 0.2) is 24.3 Å². The topological polar surface area (TPSA) is 75.4 Å². The summed E-state index contributed by atoms with van der Waals surface area (Å²) >= 11 is 0. The summed E-state index contributed by atoms with van der Waals surface area (Å²) in [6.45, 7) is 1.28. The molecular formula is C15H25ClN2O2. The SMILES string of the molecule is Cl.NCCCCCCC(=O)NCc1cccc(CO)c1. The number of aliphatic hydroxyl groups excluding tert-OH is 1. The number of nitrogens with one attached hydrogen (secondary N) is 1. The van der Waals surface area contributed by atoms with Gasteiger partial charge in [-0.05, 0) is 30.5 Å². The van der Waals surface area contributed by atoms with Crippen LogP contribution in [0.3, 0.4) is 0 Å². The second-order valence-electron chi connectivity index (χ2n) is 4.71. The van der Waals surface area contributed by atoms with E-state index in [1.165, 1.54) is 0 Å². The summed E-state index contributed by atoms with van der Waals surface area (Å²) < 4.78 is 0. The molecule has 0 heterocycles. The smallest absolute Gasteiger partial charge is 0.220 e. The standard InChI is InChI=1S/C15H24N2O2.ClH/c16-9-4-2-1-3-8-15(19)17-11-13-6-5-7-14(10-13)12-18;/h5-7,10,18H,1-4,8-9,11-12,16H2,(H,17,19);1H. The van der Waals surface area contributed by atoms with E-state index >= 15 is 0 Å². The summed E-state index contributed by atoms with van der Waals surface area (Å²) in [4.78, 5) is 11.6. The maximum atomic E-state index is 11.6. The van der Waals surface area contributed by atoms with E-state index in [0.717, 1.165) is 43.4 Å². The van der Waals surface area contributed by atoms with Crippen LogP contribution in [0.4, 0.5) is 0 Å². The minimum Gasteiger partial charge on any atom is -0.392 e. The van der Waals surface area contributed by atoms with Crippen molar-refractivity contribution in [3.63, 3.8) is 0 Å². The summed E-state index contributed by atoms with van der Waals surface area (Å²) in [5, 5.41) is 11.9. The lowest BCUT2D eigenvalue weighted by molar-refractivity contribution is -0.121. The third kappa shape index (κ3) is 8.15. The Morgan fingerprint density at radius 3 is 2.55 bits per heavy atom. The number of hydrogen-bond donors (Lipinski definition) is 3. The maximum Gasteiger partial charge on any atom is 0.220 e. The predicted octanol–water partition coefficient (Wildman–Crippen LogP) is 2.13. The fourth-order valence-corrected chi connectivity index (χ4v) is 1.91. The molecule has 0 aliphatic rings. The average Bonchev–Trinajstić information content (AvgIpc) is 2.45. The molecular weight excluding hydrogens is 276 g/mol. The minimum atomic E-state index is 0. The van der Waals surface area contributed by atoms with Crippen LogP contribution < -0.4 is 11.1 Å². The molecule has 1 amide bonds. The third-order valence-electron chi connectivity index (χ3n) is 3.02. The fourth-order valence-electron chi connectivity index (χ4n) is 1.91. The van der Waals surface area contributed by atoms with E-state index in [0.29, 0.717) is 13.0 Å². The number of hydrogen-bond acceptors (Lipinski definition) is 3. The van der Waals surface area contributed by atoms with Crippen LogP contribution >= 0.6 is 12.4 Å². The first-order chi connectivity index (χ1) is 9.26. The first-order valence-corrected chi connectivity index (χ1v) is 6.91. The van der Waals surface area contributed by atoms with E-state index in [2.05, 4.69) is 5.32 Å². The molecule has 1 aromatic rings. The van der Waals surface area contributed by atoms with Crippen molar-refractivity contribution >= 4 is 18.3 Å². The van der Waals surface area contributed by atoms with Crippen LogP contribution in [-0.4, -0.2) is 17.6 Å². The zero-order valence-corrected chi connectivity index (χ0v) is 12.6. The lowest BCUT2D eigenvalue weighted by Crippen LogP contribution is -2.22. The summed E-state index contributed by atoms with van der Waals surface area (Å²) in [7, 11) is 0. The van der Waals surface area contributed by atoms with Gasteiger partial charge in [-0.1, -0.05) is 37.1 Å². The number of unbranched alkanes of at least 4 members (excludes halogenated alkanes) is 3. The molecule has 1 aromatic carbocycles. The van der Waals surface area contributed by atoms with E-state index < -0.39 is 0 Å². The van der Waals surface area contributed by atoms with Gasteiger partial charge in [0.1, 0.15) is 0 Å². The molecule has 5 heteroatoms. The van der Waals surface area contributed by atoms with Crippen molar-refractivity contribution < 1.29 is 9.90 Å². The van der Waals surface area contributed by atoms with Gasteiger partial charge >= 0.3 is 0 Å². The molecule has 20 heavy (non-hydrogen) atoms. The molecule has 1 rings (SSSR count). The highest BCUT2D eigenvalue weighted by Crippen LogP contribution is 2.06. The molecule has 4 N–H and O–H groups in total. The molecule has 0 saturated carbocycles. The second kappa shape index (κ2) is 11.7. The highest BCUT2D eigenvalue weighted by atomic mass is 35.5. The summed E-state index contributed by atoms with van der Waals surface area (Å²) in [5.41, 5.74) is 7.29. The monoisotopic (exact) mass is 300 g/mol. The van der Waals surface area contributed by atoms with Crippen LogP contribution in [0, 0.1) is 0 Å². The second-order valence-corrected chi connectivity index (χ2v) is 4.71. The van der Waals surface area contributed by atoms with Crippen LogP contribution in [0.1, 0.15) is 43.2 Å². The van der Waals surface area contributed by atoms with Crippen molar-refractivity contribution in [2.24, 2.45) is 5.73 Å². The van der Waals surface area contributed by atoms with Crippen molar-refractivity contribution in [3.8, 4) is 0 Å². The quantitative estimate of drug-likeness (QED) is 0.612. The number of carbonyl (C=O) groups excluding carboxylic acids is 1. The third-order valence-corrected chi connectivity index (χ3v) is 3.02. The molecule has 0 fully saturated rings. The lowest BCUT2D eigenvalue weighted by Gasteiger charge is -2.06. The average molecular weight is 301 g/mol. The Bertz CT molecular complexity index is 386. The van der Waals surface area contributed by atoms with E-state index in [1.807, 2.05) is 24.3 Å². The molecule has 4 nitrogen and oxygen atoms in total. The maximum absolute atomic E-state index is 11.6. The Morgan fingerprint density at radius 1 is 1.15 bits per heavy atom. The molecule has 0 aromatic heterocycles. The van der Waals surface area contributed by atoms with Gasteiger partial charge in [0.25, 0.3) is 0 Å². The Balaban J connectivity index is 0.00000361. The van der Waals surface area contributed by atoms with Crippen molar-refractivity contribution in [2.45, 2.75) is 45.3 Å². The Morgan fingerprint density at radius 2 is 1.85 bits per heavy atom.